The number of nitrogens with one attached hydrogen (secondary N) is 2. The number of methoxy groups -OCH3 is 1. The summed E-state index contributed by atoms with van der Waals surface area (Å²) in [6.45, 7) is 6.88. The van der Waals surface area contributed by atoms with E-state index >= 15 is 0 Å². The van der Waals surface area contributed by atoms with E-state index in [1.165, 1.54) is 0 Å². The second kappa shape index (κ2) is 11.5. The molecule has 0 fully saturated rings. The van der Waals surface area contributed by atoms with Gasteiger partial charge in [0, 0.05) is 25.3 Å². The Morgan fingerprint density at radius 3 is 2.68 bits per heavy atom. The third-order valence-electron chi connectivity index (χ3n) is 4.45. The highest BCUT2D eigenvalue weighted by atomic mass is 32.2. The fourth-order valence-corrected chi connectivity index (χ4v) is 3.50. The van der Waals surface area contributed by atoms with Gasteiger partial charge in [0.05, 0.1) is 31.8 Å². The van der Waals surface area contributed by atoms with Gasteiger partial charge in [-0.15, -0.1) is 0 Å². The minimum absolute atomic E-state index is 0.144. The molecule has 0 radical (unpaired) electrons. The molecule has 0 aliphatic heterocycles. The monoisotopic (exact) mass is 444 g/mol. The van der Waals surface area contributed by atoms with Crippen molar-refractivity contribution in [3.63, 3.8) is 0 Å². The van der Waals surface area contributed by atoms with Crippen LogP contribution < -0.4 is 15.4 Å². The first-order valence-electron chi connectivity index (χ1n) is 10.3. The smallest absolute Gasteiger partial charge is 0.251 e. The van der Waals surface area contributed by atoms with E-state index in [1.54, 1.807) is 54.0 Å². The number of aromatic nitrogens is 4. The molecular weight excluding hydrogens is 416 g/mol. The quantitative estimate of drug-likeness (QED) is 0.250. The maximum Gasteiger partial charge on any atom is 0.251 e. The van der Waals surface area contributed by atoms with Crippen LogP contribution in [0.3, 0.4) is 0 Å². The van der Waals surface area contributed by atoms with Gasteiger partial charge >= 0.3 is 0 Å². The zero-order valence-electron chi connectivity index (χ0n) is 18.1. The number of hydrogen-bond acceptors (Lipinski definition) is 8. The minimum atomic E-state index is -0.144. The molecule has 2 heterocycles. The fraction of sp³-hybridized carbons (Fsp3) is 0.429. The van der Waals surface area contributed by atoms with Crippen LogP contribution in [-0.4, -0.2) is 64.8 Å². The van der Waals surface area contributed by atoms with Crippen LogP contribution >= 0.6 is 11.8 Å². The molecule has 0 saturated heterocycles. The van der Waals surface area contributed by atoms with Crippen molar-refractivity contribution in [2.45, 2.75) is 25.5 Å². The van der Waals surface area contributed by atoms with Gasteiger partial charge in [0.1, 0.15) is 11.6 Å². The molecule has 0 bridgehead atoms. The standard InChI is InChI=1S/C21H28N6O3S/c1-4-30-13-11-22-18-17-14-24-27(19(17)26-21(25-18)31-5-2)12-10-23-20(28)15-6-8-16(29-3)9-7-15/h6-9,14H,4-5,10-13H2,1-3H3,(H,23,28)(H,22,25,26). The number of hydrogen-bond donors (Lipinski definition) is 2. The van der Waals surface area contributed by atoms with Crippen molar-refractivity contribution < 1.29 is 14.3 Å². The van der Waals surface area contributed by atoms with Crippen molar-refractivity contribution in [3.05, 3.63) is 36.0 Å². The Kier molecular flexibility index (Phi) is 8.48. The lowest BCUT2D eigenvalue weighted by Crippen LogP contribution is -2.27. The topological polar surface area (TPSA) is 103 Å². The Hall–Kier alpha value is -2.85. The van der Waals surface area contributed by atoms with Crippen molar-refractivity contribution in [2.75, 3.05) is 44.5 Å². The molecule has 0 aliphatic carbocycles. The largest absolute Gasteiger partial charge is 0.497 e. The van der Waals surface area contributed by atoms with Crippen LogP contribution in [0.25, 0.3) is 11.0 Å². The molecule has 31 heavy (non-hydrogen) atoms. The van der Waals surface area contributed by atoms with Crippen LogP contribution in [-0.2, 0) is 11.3 Å². The SMILES string of the molecule is CCOCCNc1nc(SCC)nc2c1cnn2CCNC(=O)c1ccc(OC)cc1. The Morgan fingerprint density at radius 2 is 1.97 bits per heavy atom. The number of anilines is 1. The molecule has 0 aliphatic rings. The summed E-state index contributed by atoms with van der Waals surface area (Å²) in [7, 11) is 1.59. The summed E-state index contributed by atoms with van der Waals surface area (Å²) in [6.07, 6.45) is 1.75. The predicted molar refractivity (Wildman–Crippen MR) is 122 cm³/mol. The average Bonchev–Trinajstić information content (AvgIpc) is 3.20. The van der Waals surface area contributed by atoms with Crippen LogP contribution in [0.2, 0.25) is 0 Å². The van der Waals surface area contributed by atoms with Gasteiger partial charge < -0.3 is 20.1 Å². The van der Waals surface area contributed by atoms with Gasteiger partial charge in [-0.05, 0) is 36.9 Å². The number of ether oxygens (including phenoxy) is 2. The molecule has 3 rings (SSSR count). The third kappa shape index (κ3) is 6.08. The summed E-state index contributed by atoms with van der Waals surface area (Å²) < 4.78 is 12.3. The highest BCUT2D eigenvalue weighted by molar-refractivity contribution is 7.99. The molecule has 0 saturated carbocycles. The Labute approximate surface area is 185 Å². The highest BCUT2D eigenvalue weighted by Gasteiger charge is 2.13. The van der Waals surface area contributed by atoms with Gasteiger partial charge in [0.25, 0.3) is 5.91 Å². The third-order valence-corrected chi connectivity index (χ3v) is 5.18. The second-order valence-corrected chi connectivity index (χ2v) is 7.73. The van der Waals surface area contributed by atoms with E-state index in [4.69, 9.17) is 9.47 Å². The molecule has 3 aromatic rings. The van der Waals surface area contributed by atoms with Crippen LogP contribution in [0.4, 0.5) is 5.82 Å². The Morgan fingerprint density at radius 1 is 1.16 bits per heavy atom. The molecule has 10 heteroatoms. The van der Waals surface area contributed by atoms with E-state index in [0.717, 1.165) is 22.6 Å². The lowest BCUT2D eigenvalue weighted by atomic mass is 10.2. The van der Waals surface area contributed by atoms with Crippen molar-refractivity contribution in [1.29, 1.82) is 0 Å². The first-order valence-corrected chi connectivity index (χ1v) is 11.2. The highest BCUT2D eigenvalue weighted by Crippen LogP contribution is 2.24. The number of benzene rings is 1. The van der Waals surface area contributed by atoms with Crippen molar-refractivity contribution in [1.82, 2.24) is 25.1 Å². The maximum absolute atomic E-state index is 12.4. The summed E-state index contributed by atoms with van der Waals surface area (Å²) in [5, 5.41) is 12.2. The van der Waals surface area contributed by atoms with E-state index in [1.807, 2.05) is 6.92 Å². The van der Waals surface area contributed by atoms with Gasteiger partial charge in [-0.3, -0.25) is 4.79 Å². The van der Waals surface area contributed by atoms with E-state index in [-0.39, 0.29) is 5.91 Å². The predicted octanol–water partition coefficient (Wildman–Crippen LogP) is 2.83. The first-order chi connectivity index (χ1) is 15.2. The molecule has 0 spiro atoms. The zero-order chi connectivity index (χ0) is 22.1. The van der Waals surface area contributed by atoms with Crippen molar-refractivity contribution in [2.24, 2.45) is 0 Å². The molecule has 2 N–H and O–H groups in total. The van der Waals surface area contributed by atoms with Gasteiger partial charge in [-0.1, -0.05) is 18.7 Å². The van der Waals surface area contributed by atoms with E-state index in [2.05, 4.69) is 32.6 Å². The molecular formula is C21H28N6O3S. The number of rotatable bonds is 12. The summed E-state index contributed by atoms with van der Waals surface area (Å²) in [4.78, 5) is 21.6. The molecule has 9 nitrogen and oxygen atoms in total. The average molecular weight is 445 g/mol. The lowest BCUT2D eigenvalue weighted by molar-refractivity contribution is 0.0952. The normalized spacial score (nSPS) is 10.9. The zero-order valence-corrected chi connectivity index (χ0v) is 18.9. The maximum atomic E-state index is 12.4. The second-order valence-electron chi connectivity index (χ2n) is 6.50. The van der Waals surface area contributed by atoms with E-state index in [0.29, 0.717) is 49.3 Å². The molecule has 1 aromatic carbocycles. The van der Waals surface area contributed by atoms with Crippen molar-refractivity contribution >= 4 is 34.5 Å². The number of fused-ring (bicyclic) bond motifs is 1. The number of carbonyl (C=O) groups excluding carboxylic acids is 1. The summed E-state index contributed by atoms with van der Waals surface area (Å²) in [5.74, 6) is 2.18. The van der Waals surface area contributed by atoms with Crippen LogP contribution in [0.5, 0.6) is 5.75 Å². The minimum Gasteiger partial charge on any atom is -0.497 e. The summed E-state index contributed by atoms with van der Waals surface area (Å²) >= 11 is 1.57. The van der Waals surface area contributed by atoms with Crippen LogP contribution in [0.1, 0.15) is 24.2 Å². The van der Waals surface area contributed by atoms with E-state index < -0.39 is 0 Å². The summed E-state index contributed by atoms with van der Waals surface area (Å²) in [5.41, 5.74) is 1.32. The van der Waals surface area contributed by atoms with Crippen LogP contribution in [0, 0.1) is 0 Å². The number of amides is 1. The number of carbonyl (C=O) groups is 1. The van der Waals surface area contributed by atoms with Crippen molar-refractivity contribution in [3.8, 4) is 5.75 Å². The van der Waals surface area contributed by atoms with Crippen LogP contribution in [0.15, 0.2) is 35.6 Å². The number of nitrogens with zero attached hydrogens (tertiary/aromatic N) is 4. The Balaban J connectivity index is 1.68. The summed E-state index contributed by atoms with van der Waals surface area (Å²) in [6, 6.07) is 7.00. The molecule has 0 unspecified atom stereocenters. The Bertz CT molecular complexity index is 993. The molecule has 1 amide bonds. The van der Waals surface area contributed by atoms with Gasteiger partial charge in [-0.25, -0.2) is 14.6 Å². The lowest BCUT2D eigenvalue weighted by Gasteiger charge is -2.10. The van der Waals surface area contributed by atoms with Gasteiger partial charge in [0.15, 0.2) is 10.8 Å². The first kappa shape index (κ1) is 22.8. The van der Waals surface area contributed by atoms with E-state index in [9.17, 15) is 4.79 Å². The molecule has 2 aromatic heterocycles. The van der Waals surface area contributed by atoms with Gasteiger partial charge in [-0.2, -0.15) is 5.10 Å². The molecule has 0 atom stereocenters. The molecule has 166 valence electrons. The fourth-order valence-electron chi connectivity index (χ4n) is 2.93. The number of thioether (sulfide) groups is 1. The van der Waals surface area contributed by atoms with Gasteiger partial charge in [0.2, 0.25) is 0 Å².